The van der Waals surface area contributed by atoms with Crippen LogP contribution in [0, 0.1) is 5.92 Å². The number of amides is 1. The third-order valence-electron chi connectivity index (χ3n) is 4.89. The number of halogens is 3. The van der Waals surface area contributed by atoms with Gasteiger partial charge in [0.25, 0.3) is 5.72 Å². The number of rotatable bonds is 3. The lowest BCUT2D eigenvalue weighted by atomic mass is 9.89. The summed E-state index contributed by atoms with van der Waals surface area (Å²) in [6.07, 6.45) is -0.888. The van der Waals surface area contributed by atoms with E-state index in [2.05, 4.69) is 5.43 Å². The Hall–Kier alpha value is -2.02. The molecule has 1 aromatic rings. The number of nitrogens with one attached hydrogen (secondary N) is 1. The lowest BCUT2D eigenvalue weighted by molar-refractivity contribution is -0.318. The van der Waals surface area contributed by atoms with E-state index in [1.54, 1.807) is 6.08 Å². The summed E-state index contributed by atoms with van der Waals surface area (Å²) < 4.78 is 41.1. The second-order valence-corrected chi connectivity index (χ2v) is 6.55. The maximum absolute atomic E-state index is 13.7. The predicted molar refractivity (Wildman–Crippen MR) is 85.8 cm³/mol. The molecule has 4 nitrogen and oxygen atoms in total. The molecule has 2 aliphatic rings. The predicted octanol–water partition coefficient (Wildman–Crippen LogP) is 3.29. The normalized spacial score (nSPS) is 26.5. The van der Waals surface area contributed by atoms with Gasteiger partial charge >= 0.3 is 6.18 Å². The van der Waals surface area contributed by atoms with Crippen molar-refractivity contribution in [3.05, 3.63) is 47.7 Å². The van der Waals surface area contributed by atoms with E-state index in [0.29, 0.717) is 30.0 Å². The van der Waals surface area contributed by atoms with Crippen molar-refractivity contribution in [2.45, 2.75) is 50.4 Å². The van der Waals surface area contributed by atoms with Gasteiger partial charge < -0.3 is 5.11 Å². The second kappa shape index (κ2) is 6.71. The van der Waals surface area contributed by atoms with Crippen molar-refractivity contribution in [3.63, 3.8) is 0 Å². The van der Waals surface area contributed by atoms with Crippen molar-refractivity contribution in [3.8, 4) is 0 Å². The summed E-state index contributed by atoms with van der Waals surface area (Å²) in [7, 11) is 0. The van der Waals surface area contributed by atoms with E-state index in [1.165, 1.54) is 0 Å². The van der Waals surface area contributed by atoms with Gasteiger partial charge in [-0.1, -0.05) is 42.8 Å². The molecule has 1 amide bonds. The number of hydrazine groups is 1. The van der Waals surface area contributed by atoms with Crippen LogP contribution in [-0.2, 0) is 11.2 Å². The minimum Gasteiger partial charge on any atom is -0.362 e. The van der Waals surface area contributed by atoms with E-state index in [-0.39, 0.29) is 12.8 Å². The van der Waals surface area contributed by atoms with Crippen LogP contribution in [0.5, 0.6) is 0 Å². The standard InChI is InChI=1S/C18H21F3N2O2/c19-18(20,21)17(25)14-9-5-2-6-10-15(14)22-23(17)16(24)12-11-13-7-3-1-4-8-13/h1,3-4,7-8,10,14,22,25H,2,5-6,9,11-12H2/t14-,17+/m1/s1. The Morgan fingerprint density at radius 2 is 2.00 bits per heavy atom. The lowest BCUT2D eigenvalue weighted by Crippen LogP contribution is -2.62. The second-order valence-electron chi connectivity index (χ2n) is 6.55. The van der Waals surface area contributed by atoms with Gasteiger partial charge in [0.1, 0.15) is 0 Å². The van der Waals surface area contributed by atoms with Crippen LogP contribution in [0.25, 0.3) is 0 Å². The highest BCUT2D eigenvalue weighted by molar-refractivity contribution is 5.77. The summed E-state index contributed by atoms with van der Waals surface area (Å²) in [6.45, 7) is 0. The fraction of sp³-hybridized carbons (Fsp3) is 0.500. The molecule has 0 spiro atoms. The molecule has 0 radical (unpaired) electrons. The van der Waals surface area contributed by atoms with Gasteiger partial charge in [-0.15, -0.1) is 0 Å². The molecule has 0 bridgehead atoms. The molecule has 7 heteroatoms. The Kier molecular flexibility index (Phi) is 4.77. The average Bonchev–Trinajstić information content (AvgIpc) is 2.74. The minimum atomic E-state index is -4.94. The molecule has 2 N–H and O–H groups in total. The fourth-order valence-electron chi connectivity index (χ4n) is 3.54. The third-order valence-corrected chi connectivity index (χ3v) is 4.89. The van der Waals surface area contributed by atoms with Gasteiger partial charge in [-0.05, 0) is 31.2 Å². The van der Waals surface area contributed by atoms with E-state index >= 15 is 0 Å². The number of carbonyl (C=O) groups is 1. The molecule has 3 rings (SSSR count). The molecule has 25 heavy (non-hydrogen) atoms. The van der Waals surface area contributed by atoms with Gasteiger partial charge in [0.15, 0.2) is 0 Å². The van der Waals surface area contributed by atoms with Crippen molar-refractivity contribution in [1.82, 2.24) is 10.4 Å². The summed E-state index contributed by atoms with van der Waals surface area (Å²) in [5.41, 5.74) is 0.500. The maximum atomic E-state index is 13.7. The highest BCUT2D eigenvalue weighted by atomic mass is 19.4. The Morgan fingerprint density at radius 1 is 1.28 bits per heavy atom. The van der Waals surface area contributed by atoms with Gasteiger partial charge in [0, 0.05) is 12.1 Å². The molecule has 0 unspecified atom stereocenters. The van der Waals surface area contributed by atoms with Crippen LogP contribution in [0.15, 0.2) is 42.1 Å². The van der Waals surface area contributed by atoms with Crippen LogP contribution in [-0.4, -0.2) is 27.9 Å². The van der Waals surface area contributed by atoms with E-state index in [1.807, 2.05) is 30.3 Å². The first kappa shape index (κ1) is 17.8. The summed E-state index contributed by atoms with van der Waals surface area (Å²) in [5, 5.41) is 11.0. The summed E-state index contributed by atoms with van der Waals surface area (Å²) >= 11 is 0. The van der Waals surface area contributed by atoms with Gasteiger partial charge in [0.05, 0.1) is 5.92 Å². The minimum absolute atomic E-state index is 0.116. The maximum Gasteiger partial charge on any atom is 0.439 e. The molecule has 0 saturated carbocycles. The first-order chi connectivity index (χ1) is 11.8. The molecule has 1 saturated heterocycles. The van der Waals surface area contributed by atoms with Crippen molar-refractivity contribution < 1.29 is 23.1 Å². The zero-order chi connectivity index (χ0) is 18.1. The molecular weight excluding hydrogens is 333 g/mol. The Morgan fingerprint density at radius 3 is 2.68 bits per heavy atom. The van der Waals surface area contributed by atoms with Gasteiger partial charge in [0.2, 0.25) is 5.91 Å². The number of aliphatic hydroxyl groups is 1. The Labute approximate surface area is 144 Å². The highest BCUT2D eigenvalue weighted by Gasteiger charge is 2.68. The molecule has 1 fully saturated rings. The number of benzene rings is 1. The van der Waals surface area contributed by atoms with Crippen molar-refractivity contribution in [1.29, 1.82) is 0 Å². The number of carbonyl (C=O) groups excluding carboxylic acids is 1. The lowest BCUT2D eigenvalue weighted by Gasteiger charge is -2.37. The summed E-state index contributed by atoms with van der Waals surface area (Å²) in [5.74, 6) is -1.92. The van der Waals surface area contributed by atoms with Crippen LogP contribution in [0.1, 0.15) is 37.7 Å². The first-order valence-corrected chi connectivity index (χ1v) is 8.47. The van der Waals surface area contributed by atoms with Crippen LogP contribution in [0.4, 0.5) is 13.2 Å². The van der Waals surface area contributed by atoms with Crippen molar-refractivity contribution >= 4 is 5.91 Å². The SMILES string of the molecule is O=C(CCc1ccccc1)N1NC2=CCCCC[C@H]2[C@]1(O)C(F)(F)F. The molecule has 1 aliphatic heterocycles. The fourth-order valence-corrected chi connectivity index (χ4v) is 3.54. The molecule has 136 valence electrons. The van der Waals surface area contributed by atoms with E-state index in [9.17, 15) is 23.1 Å². The van der Waals surface area contributed by atoms with Crippen LogP contribution < -0.4 is 5.43 Å². The number of aryl methyl sites for hydroxylation is 1. The molecule has 1 aromatic carbocycles. The number of hydrogen-bond donors (Lipinski definition) is 2. The number of alkyl halides is 3. The van der Waals surface area contributed by atoms with E-state index in [0.717, 1.165) is 12.0 Å². The number of nitrogens with zero attached hydrogens (tertiary/aromatic N) is 1. The number of allylic oxidation sites excluding steroid dienone is 1. The topological polar surface area (TPSA) is 52.6 Å². The largest absolute Gasteiger partial charge is 0.439 e. The number of hydrogen-bond acceptors (Lipinski definition) is 3. The van der Waals surface area contributed by atoms with Crippen LogP contribution in [0.3, 0.4) is 0 Å². The van der Waals surface area contributed by atoms with Gasteiger partial charge in [-0.25, -0.2) is 5.01 Å². The Bertz CT molecular complexity index is 660. The smallest absolute Gasteiger partial charge is 0.362 e. The summed E-state index contributed by atoms with van der Waals surface area (Å²) in [4.78, 5) is 12.5. The van der Waals surface area contributed by atoms with Crippen molar-refractivity contribution in [2.75, 3.05) is 0 Å². The molecule has 0 aromatic heterocycles. The third kappa shape index (κ3) is 3.25. The monoisotopic (exact) mass is 354 g/mol. The quantitative estimate of drug-likeness (QED) is 0.876. The molecular formula is C18H21F3N2O2. The molecule has 1 aliphatic carbocycles. The van der Waals surface area contributed by atoms with Gasteiger partial charge in [-0.2, -0.15) is 13.2 Å². The van der Waals surface area contributed by atoms with E-state index < -0.39 is 23.7 Å². The number of fused-ring (bicyclic) bond motifs is 1. The molecule has 2 atom stereocenters. The summed E-state index contributed by atoms with van der Waals surface area (Å²) in [6, 6.07) is 9.07. The average molecular weight is 354 g/mol. The van der Waals surface area contributed by atoms with Gasteiger partial charge in [-0.3, -0.25) is 10.2 Å². The van der Waals surface area contributed by atoms with Crippen molar-refractivity contribution in [2.24, 2.45) is 5.92 Å². The zero-order valence-electron chi connectivity index (χ0n) is 13.7. The van der Waals surface area contributed by atoms with Crippen LogP contribution in [0.2, 0.25) is 0 Å². The molecule has 1 heterocycles. The zero-order valence-corrected chi connectivity index (χ0v) is 13.7. The van der Waals surface area contributed by atoms with E-state index in [4.69, 9.17) is 0 Å². The van der Waals surface area contributed by atoms with Crippen LogP contribution >= 0.6 is 0 Å². The highest BCUT2D eigenvalue weighted by Crippen LogP contribution is 2.48. The Balaban J connectivity index is 1.83. The first-order valence-electron chi connectivity index (χ1n) is 8.47.